The molecule has 1 aromatic rings. The molecule has 0 bridgehead atoms. The van der Waals surface area contributed by atoms with Gasteiger partial charge < -0.3 is 19.8 Å². The zero-order valence-electron chi connectivity index (χ0n) is 11.8. The second-order valence-corrected chi connectivity index (χ2v) is 4.44. The minimum atomic E-state index is 0.00345. The van der Waals surface area contributed by atoms with E-state index in [1.807, 2.05) is 17.0 Å². The third-order valence-electron chi connectivity index (χ3n) is 2.87. The van der Waals surface area contributed by atoms with Crippen LogP contribution in [0.1, 0.15) is 24.6 Å². The lowest BCUT2D eigenvalue weighted by molar-refractivity contribution is 0.202. The van der Waals surface area contributed by atoms with Crippen molar-refractivity contribution in [2.24, 2.45) is 0 Å². The number of hydrogen-bond acceptors (Lipinski definition) is 5. The van der Waals surface area contributed by atoms with E-state index in [0.717, 1.165) is 29.9 Å². The van der Waals surface area contributed by atoms with Gasteiger partial charge >= 0.3 is 0 Å². The molecule has 5 heteroatoms. The van der Waals surface area contributed by atoms with Gasteiger partial charge in [0.1, 0.15) is 5.82 Å². The normalized spacial score (nSPS) is 10.7. The maximum absolute atomic E-state index is 9.32. The Balaban J connectivity index is 2.95. The van der Waals surface area contributed by atoms with Gasteiger partial charge in [-0.1, -0.05) is 13.3 Å². The smallest absolute Gasteiger partial charge is 0.129 e. The van der Waals surface area contributed by atoms with Crippen LogP contribution in [0.5, 0.6) is 0 Å². The van der Waals surface area contributed by atoms with Gasteiger partial charge in [-0.2, -0.15) is 0 Å². The van der Waals surface area contributed by atoms with Gasteiger partial charge in [-0.15, -0.1) is 0 Å². The van der Waals surface area contributed by atoms with Crippen molar-refractivity contribution in [3.8, 4) is 0 Å². The van der Waals surface area contributed by atoms with Crippen molar-refractivity contribution in [3.05, 3.63) is 23.4 Å². The minimum absolute atomic E-state index is 0.00345. The van der Waals surface area contributed by atoms with E-state index in [0.29, 0.717) is 19.7 Å². The zero-order chi connectivity index (χ0) is 14.1. The summed E-state index contributed by atoms with van der Waals surface area (Å²) in [6.07, 6.45) is 1.90. The van der Waals surface area contributed by atoms with Crippen LogP contribution in [0, 0.1) is 0 Å². The summed E-state index contributed by atoms with van der Waals surface area (Å²) < 4.78 is 5.07. The lowest BCUT2D eigenvalue weighted by Gasteiger charge is -2.23. The van der Waals surface area contributed by atoms with E-state index in [2.05, 4.69) is 11.9 Å². The van der Waals surface area contributed by atoms with Crippen LogP contribution < -0.4 is 4.90 Å². The number of aliphatic hydroxyl groups excluding tert-OH is 2. The van der Waals surface area contributed by atoms with Crippen molar-refractivity contribution in [1.82, 2.24) is 4.98 Å². The third kappa shape index (κ3) is 5.14. The van der Waals surface area contributed by atoms with Gasteiger partial charge in [0.15, 0.2) is 0 Å². The predicted octanol–water partition coefficient (Wildman–Crippen LogP) is 0.972. The van der Waals surface area contributed by atoms with Crippen molar-refractivity contribution in [2.45, 2.75) is 26.4 Å². The van der Waals surface area contributed by atoms with Crippen LogP contribution in [-0.4, -0.2) is 48.6 Å². The number of pyridine rings is 1. The number of aryl methyl sites for hydroxylation is 1. The number of nitrogens with zero attached hydrogens (tertiary/aromatic N) is 2. The summed E-state index contributed by atoms with van der Waals surface area (Å²) in [7, 11) is 1.65. The molecule has 5 nitrogen and oxygen atoms in total. The van der Waals surface area contributed by atoms with Gasteiger partial charge in [0.25, 0.3) is 0 Å². The Hall–Kier alpha value is -1.17. The highest BCUT2D eigenvalue weighted by molar-refractivity contribution is 5.42. The lowest BCUT2D eigenvalue weighted by Crippen LogP contribution is -2.31. The van der Waals surface area contributed by atoms with Gasteiger partial charge in [0.2, 0.25) is 0 Å². The van der Waals surface area contributed by atoms with E-state index in [1.165, 1.54) is 0 Å². The first-order valence-corrected chi connectivity index (χ1v) is 6.70. The fraction of sp³-hybridized carbons (Fsp3) is 0.643. The Morgan fingerprint density at radius 1 is 1.26 bits per heavy atom. The summed E-state index contributed by atoms with van der Waals surface area (Å²) in [6, 6.07) is 3.80. The van der Waals surface area contributed by atoms with Crippen molar-refractivity contribution in [1.29, 1.82) is 0 Å². The number of anilines is 1. The molecule has 0 spiro atoms. The van der Waals surface area contributed by atoms with Gasteiger partial charge in [0, 0.05) is 25.9 Å². The number of aliphatic hydroxyl groups is 2. The van der Waals surface area contributed by atoms with E-state index >= 15 is 0 Å². The maximum Gasteiger partial charge on any atom is 0.129 e. The first-order valence-electron chi connectivity index (χ1n) is 6.70. The van der Waals surface area contributed by atoms with Crippen LogP contribution in [0.25, 0.3) is 0 Å². The van der Waals surface area contributed by atoms with E-state index in [9.17, 15) is 5.11 Å². The first-order chi connectivity index (χ1) is 9.24. The summed E-state index contributed by atoms with van der Waals surface area (Å²) in [5.74, 6) is 0.793. The molecule has 0 aliphatic heterocycles. The molecule has 0 atom stereocenters. The van der Waals surface area contributed by atoms with Gasteiger partial charge in [0.05, 0.1) is 19.8 Å². The molecule has 2 N–H and O–H groups in total. The largest absolute Gasteiger partial charge is 0.395 e. The van der Waals surface area contributed by atoms with Crippen LogP contribution in [0.4, 0.5) is 5.82 Å². The number of hydrogen-bond donors (Lipinski definition) is 2. The van der Waals surface area contributed by atoms with Crippen LogP contribution in [0.3, 0.4) is 0 Å². The van der Waals surface area contributed by atoms with Gasteiger partial charge in [-0.05, 0) is 24.1 Å². The van der Waals surface area contributed by atoms with Crippen LogP contribution in [0.15, 0.2) is 12.1 Å². The Kier molecular flexibility index (Phi) is 7.40. The topological polar surface area (TPSA) is 65.8 Å². The summed E-state index contributed by atoms with van der Waals surface area (Å²) in [6.45, 7) is 3.93. The summed E-state index contributed by atoms with van der Waals surface area (Å²) in [5.41, 5.74) is 1.83. The second-order valence-electron chi connectivity index (χ2n) is 4.44. The molecule has 108 valence electrons. The summed E-state index contributed by atoms with van der Waals surface area (Å²) in [5, 5.41) is 18.5. The average molecular weight is 268 g/mol. The summed E-state index contributed by atoms with van der Waals surface area (Å²) >= 11 is 0. The monoisotopic (exact) mass is 268 g/mol. The molecule has 0 unspecified atom stereocenters. The molecule has 1 rings (SSSR count). The molecule has 1 aromatic heterocycles. The number of ether oxygens (including phenoxy) is 1. The highest BCUT2D eigenvalue weighted by Gasteiger charge is 2.10. The second kappa shape index (κ2) is 8.85. The van der Waals surface area contributed by atoms with Crippen molar-refractivity contribution < 1.29 is 14.9 Å². The standard InChI is InChI=1S/C14H24N2O3/c1-3-4-13-9-12(11-18)10-14(15-13)16(5-7-17)6-8-19-2/h9-10,17-18H,3-8,11H2,1-2H3. The Morgan fingerprint density at radius 3 is 2.63 bits per heavy atom. The molecular formula is C14H24N2O3. The Labute approximate surface area is 114 Å². The van der Waals surface area contributed by atoms with Crippen LogP contribution in [0.2, 0.25) is 0 Å². The first kappa shape index (κ1) is 15.9. The van der Waals surface area contributed by atoms with Gasteiger partial charge in [-0.3, -0.25) is 0 Å². The lowest BCUT2D eigenvalue weighted by atomic mass is 10.1. The number of methoxy groups -OCH3 is 1. The Morgan fingerprint density at radius 2 is 2.05 bits per heavy atom. The molecule has 0 saturated heterocycles. The molecule has 0 saturated carbocycles. The van der Waals surface area contributed by atoms with Gasteiger partial charge in [-0.25, -0.2) is 4.98 Å². The number of aromatic nitrogens is 1. The molecular weight excluding hydrogens is 244 g/mol. The highest BCUT2D eigenvalue weighted by atomic mass is 16.5. The molecule has 1 heterocycles. The maximum atomic E-state index is 9.32. The number of rotatable bonds is 9. The average Bonchev–Trinajstić information content (AvgIpc) is 2.43. The molecule has 0 aliphatic rings. The molecule has 0 fully saturated rings. The van der Waals surface area contributed by atoms with E-state index in [1.54, 1.807) is 7.11 Å². The van der Waals surface area contributed by atoms with Crippen LogP contribution in [-0.2, 0) is 17.8 Å². The molecule has 0 aromatic carbocycles. The molecule has 19 heavy (non-hydrogen) atoms. The fourth-order valence-corrected chi connectivity index (χ4v) is 1.93. The predicted molar refractivity (Wildman–Crippen MR) is 75.3 cm³/mol. The van der Waals surface area contributed by atoms with E-state index in [-0.39, 0.29) is 13.2 Å². The highest BCUT2D eigenvalue weighted by Crippen LogP contribution is 2.16. The molecule has 0 amide bonds. The zero-order valence-corrected chi connectivity index (χ0v) is 11.8. The Bertz CT molecular complexity index is 372. The van der Waals surface area contributed by atoms with Crippen LogP contribution >= 0.6 is 0 Å². The third-order valence-corrected chi connectivity index (χ3v) is 2.87. The summed E-state index contributed by atoms with van der Waals surface area (Å²) in [4.78, 5) is 6.57. The SMILES string of the molecule is CCCc1cc(CO)cc(N(CCO)CCOC)n1. The van der Waals surface area contributed by atoms with Crippen molar-refractivity contribution in [3.63, 3.8) is 0 Å². The fourth-order valence-electron chi connectivity index (χ4n) is 1.93. The van der Waals surface area contributed by atoms with Crippen molar-refractivity contribution >= 4 is 5.82 Å². The minimum Gasteiger partial charge on any atom is -0.395 e. The van der Waals surface area contributed by atoms with E-state index < -0.39 is 0 Å². The molecule has 0 radical (unpaired) electrons. The van der Waals surface area contributed by atoms with E-state index in [4.69, 9.17) is 9.84 Å². The molecule has 0 aliphatic carbocycles. The quantitative estimate of drug-likeness (QED) is 0.698. The van der Waals surface area contributed by atoms with Crippen molar-refractivity contribution in [2.75, 3.05) is 38.3 Å².